The van der Waals surface area contributed by atoms with E-state index in [2.05, 4.69) is 10.6 Å². The molecule has 0 saturated heterocycles. The van der Waals surface area contributed by atoms with Gasteiger partial charge in [-0.2, -0.15) is 0 Å². The van der Waals surface area contributed by atoms with E-state index in [1.54, 1.807) is 11.8 Å². The average Bonchev–Trinajstić information content (AvgIpc) is 2.41. The maximum absolute atomic E-state index is 11.9. The van der Waals surface area contributed by atoms with E-state index in [1.165, 1.54) is 0 Å². The maximum atomic E-state index is 11.9. The Bertz CT molecular complexity index is 437. The second-order valence-corrected chi connectivity index (χ2v) is 5.85. The van der Waals surface area contributed by atoms with E-state index in [0.717, 1.165) is 10.6 Å². The number of hydrogen-bond donors (Lipinski definition) is 3. The first-order valence-electron chi connectivity index (χ1n) is 6.52. The third kappa shape index (κ3) is 5.97. The summed E-state index contributed by atoms with van der Waals surface area (Å²) >= 11 is 1.67. The second kappa shape index (κ2) is 8.47. The summed E-state index contributed by atoms with van der Waals surface area (Å²) in [5, 5.41) is 5.27. The highest BCUT2D eigenvalue weighted by atomic mass is 32.2. The van der Waals surface area contributed by atoms with E-state index in [1.807, 2.05) is 44.2 Å². The van der Waals surface area contributed by atoms with Crippen molar-refractivity contribution >= 4 is 23.7 Å². The molecule has 0 aliphatic rings. The highest BCUT2D eigenvalue weighted by molar-refractivity contribution is 7.99. The zero-order chi connectivity index (χ0) is 15.0. The third-order valence-corrected chi connectivity index (χ3v) is 3.67. The predicted octanol–water partition coefficient (Wildman–Crippen LogP) is 1.59. The second-order valence-electron chi connectivity index (χ2n) is 4.68. The zero-order valence-electron chi connectivity index (χ0n) is 11.8. The number of hydrogen-bond acceptors (Lipinski definition) is 3. The summed E-state index contributed by atoms with van der Waals surface area (Å²) in [6, 6.07) is 8.70. The Morgan fingerprint density at radius 3 is 2.45 bits per heavy atom. The first kappa shape index (κ1) is 16.4. The molecule has 1 aromatic rings. The molecule has 20 heavy (non-hydrogen) atoms. The molecular weight excluding hydrogens is 274 g/mol. The summed E-state index contributed by atoms with van der Waals surface area (Å²) in [4.78, 5) is 24.0. The van der Waals surface area contributed by atoms with Gasteiger partial charge in [0.15, 0.2) is 0 Å². The van der Waals surface area contributed by atoms with Crippen molar-refractivity contribution < 1.29 is 9.59 Å². The Labute approximate surface area is 123 Å². The van der Waals surface area contributed by atoms with Crippen molar-refractivity contribution in [3.63, 3.8) is 0 Å². The first-order chi connectivity index (χ1) is 9.50. The van der Waals surface area contributed by atoms with Crippen LogP contribution >= 0.6 is 11.8 Å². The normalized spacial score (nSPS) is 11.9. The van der Waals surface area contributed by atoms with Crippen LogP contribution < -0.4 is 16.4 Å². The van der Waals surface area contributed by atoms with Gasteiger partial charge in [0.25, 0.3) is 0 Å². The molecule has 0 aliphatic carbocycles. The molecule has 4 N–H and O–H groups in total. The largest absolute Gasteiger partial charge is 0.353 e. The van der Waals surface area contributed by atoms with Crippen LogP contribution in [0.4, 0.5) is 4.79 Å². The Morgan fingerprint density at radius 2 is 1.90 bits per heavy atom. The van der Waals surface area contributed by atoms with Gasteiger partial charge in [-0.15, -0.1) is 11.8 Å². The number of carbonyl (C=O) groups is 2. The number of carbonyl (C=O) groups excluding carboxylic acids is 2. The fourth-order valence-electron chi connectivity index (χ4n) is 1.66. The molecule has 1 rings (SSSR count). The standard InChI is InChI=1S/C14H21N3O2S/c1-10(2)12(17-14(15)19)13(18)16-8-9-20-11-6-4-3-5-7-11/h3-7,10,12H,8-9H2,1-2H3,(H,16,18)(H3,15,17,19)/t12-/m0/s1. The van der Waals surface area contributed by atoms with Gasteiger partial charge in [-0.25, -0.2) is 4.79 Å². The van der Waals surface area contributed by atoms with Gasteiger partial charge in [0.1, 0.15) is 6.04 Å². The Hall–Kier alpha value is -1.69. The van der Waals surface area contributed by atoms with Crippen molar-refractivity contribution in [2.75, 3.05) is 12.3 Å². The van der Waals surface area contributed by atoms with Gasteiger partial charge in [0.05, 0.1) is 0 Å². The lowest BCUT2D eigenvalue weighted by atomic mass is 10.0. The van der Waals surface area contributed by atoms with Gasteiger partial charge in [-0.1, -0.05) is 32.0 Å². The maximum Gasteiger partial charge on any atom is 0.312 e. The van der Waals surface area contributed by atoms with Crippen molar-refractivity contribution in [1.29, 1.82) is 0 Å². The Morgan fingerprint density at radius 1 is 1.25 bits per heavy atom. The van der Waals surface area contributed by atoms with Gasteiger partial charge in [-0.05, 0) is 18.1 Å². The van der Waals surface area contributed by atoms with Gasteiger partial charge in [-0.3, -0.25) is 4.79 Å². The van der Waals surface area contributed by atoms with E-state index in [4.69, 9.17) is 5.73 Å². The summed E-state index contributed by atoms with van der Waals surface area (Å²) in [6.45, 7) is 4.26. The van der Waals surface area contributed by atoms with Crippen LogP contribution in [0.5, 0.6) is 0 Å². The number of rotatable bonds is 7. The molecule has 0 unspecified atom stereocenters. The van der Waals surface area contributed by atoms with Crippen LogP contribution in [0.1, 0.15) is 13.8 Å². The first-order valence-corrected chi connectivity index (χ1v) is 7.50. The Balaban J connectivity index is 2.32. The number of thioether (sulfide) groups is 1. The number of nitrogens with two attached hydrogens (primary N) is 1. The quantitative estimate of drug-likeness (QED) is 0.527. The minimum absolute atomic E-state index is 0.00993. The van der Waals surface area contributed by atoms with Crippen molar-refractivity contribution in [1.82, 2.24) is 10.6 Å². The fraction of sp³-hybridized carbons (Fsp3) is 0.429. The molecule has 0 radical (unpaired) electrons. The Kier molecular flexibility index (Phi) is 6.93. The molecule has 0 bridgehead atoms. The predicted molar refractivity (Wildman–Crippen MR) is 81.5 cm³/mol. The van der Waals surface area contributed by atoms with Crippen LogP contribution in [0.3, 0.4) is 0 Å². The molecule has 1 aromatic carbocycles. The molecule has 110 valence electrons. The van der Waals surface area contributed by atoms with Crippen LogP contribution in [-0.2, 0) is 4.79 Å². The highest BCUT2D eigenvalue weighted by Crippen LogP contribution is 2.15. The van der Waals surface area contributed by atoms with Crippen LogP contribution in [0.15, 0.2) is 35.2 Å². The van der Waals surface area contributed by atoms with Gasteiger partial charge in [0, 0.05) is 17.2 Å². The number of benzene rings is 1. The number of primary amides is 1. The van der Waals surface area contributed by atoms with Crippen LogP contribution in [-0.4, -0.2) is 30.3 Å². The number of amides is 3. The molecule has 0 spiro atoms. The van der Waals surface area contributed by atoms with Crippen molar-refractivity contribution in [2.45, 2.75) is 24.8 Å². The van der Waals surface area contributed by atoms with E-state index in [9.17, 15) is 9.59 Å². The molecule has 1 atom stereocenters. The third-order valence-electron chi connectivity index (χ3n) is 2.66. The van der Waals surface area contributed by atoms with E-state index < -0.39 is 12.1 Å². The molecule has 5 nitrogen and oxygen atoms in total. The number of nitrogens with one attached hydrogen (secondary N) is 2. The molecule has 0 aromatic heterocycles. The topological polar surface area (TPSA) is 84.2 Å². The smallest absolute Gasteiger partial charge is 0.312 e. The molecule has 0 saturated carbocycles. The SMILES string of the molecule is CC(C)[C@H](NC(N)=O)C(=O)NCCSc1ccccc1. The van der Waals surface area contributed by atoms with Gasteiger partial charge >= 0.3 is 6.03 Å². The van der Waals surface area contributed by atoms with E-state index >= 15 is 0 Å². The summed E-state index contributed by atoms with van der Waals surface area (Å²) < 4.78 is 0. The van der Waals surface area contributed by atoms with Crippen molar-refractivity contribution in [3.8, 4) is 0 Å². The monoisotopic (exact) mass is 295 g/mol. The lowest BCUT2D eigenvalue weighted by molar-refractivity contribution is -0.123. The molecule has 0 fully saturated rings. The molecule has 0 aliphatic heterocycles. The summed E-state index contributed by atoms with van der Waals surface area (Å²) in [5.74, 6) is 0.564. The average molecular weight is 295 g/mol. The van der Waals surface area contributed by atoms with Crippen LogP contribution in [0.2, 0.25) is 0 Å². The van der Waals surface area contributed by atoms with Crippen LogP contribution in [0, 0.1) is 5.92 Å². The minimum Gasteiger partial charge on any atom is -0.353 e. The summed E-state index contributed by atoms with van der Waals surface area (Å²) in [7, 11) is 0. The zero-order valence-corrected chi connectivity index (χ0v) is 12.6. The van der Waals surface area contributed by atoms with Gasteiger partial charge in [0.2, 0.25) is 5.91 Å². The van der Waals surface area contributed by atoms with E-state index in [-0.39, 0.29) is 11.8 Å². The van der Waals surface area contributed by atoms with Crippen molar-refractivity contribution in [2.24, 2.45) is 11.7 Å². The number of urea groups is 1. The highest BCUT2D eigenvalue weighted by Gasteiger charge is 2.22. The lowest BCUT2D eigenvalue weighted by Gasteiger charge is -2.20. The molecule has 6 heteroatoms. The molecule has 0 heterocycles. The molecule has 3 amide bonds. The summed E-state index contributed by atoms with van der Waals surface area (Å²) in [6.07, 6.45) is 0. The van der Waals surface area contributed by atoms with Crippen molar-refractivity contribution in [3.05, 3.63) is 30.3 Å². The summed E-state index contributed by atoms with van der Waals surface area (Å²) in [5.41, 5.74) is 5.07. The lowest BCUT2D eigenvalue weighted by Crippen LogP contribution is -2.51. The van der Waals surface area contributed by atoms with Gasteiger partial charge < -0.3 is 16.4 Å². The molecular formula is C14H21N3O2S. The van der Waals surface area contributed by atoms with Crippen LogP contribution in [0.25, 0.3) is 0 Å². The fourth-order valence-corrected chi connectivity index (χ4v) is 2.45. The van der Waals surface area contributed by atoms with E-state index in [0.29, 0.717) is 6.54 Å². The minimum atomic E-state index is -0.683.